The van der Waals surface area contributed by atoms with Crippen molar-refractivity contribution in [3.8, 4) is 33.4 Å². The van der Waals surface area contributed by atoms with Crippen LogP contribution in [-0.4, -0.2) is 20.0 Å². The Morgan fingerprint density at radius 1 is 0.871 bits per heavy atom. The van der Waals surface area contributed by atoms with E-state index in [0.29, 0.717) is 6.61 Å². The van der Waals surface area contributed by atoms with Gasteiger partial charge in [-0.1, -0.05) is 65.9 Å². The molecule has 0 aliphatic carbocycles. The maximum absolute atomic E-state index is 5.88. The maximum Gasteiger partial charge on any atom is 0.146 e. The highest BCUT2D eigenvalue weighted by atomic mass is 32.1. The van der Waals surface area contributed by atoms with Gasteiger partial charge in [-0.15, -0.1) is 16.4 Å². The Balaban J connectivity index is 1.34. The molecular weight excluding hydrogens is 404 g/mol. The second-order valence-electron chi connectivity index (χ2n) is 7.11. The molecule has 0 aliphatic rings. The van der Waals surface area contributed by atoms with Crippen molar-refractivity contribution in [1.82, 2.24) is 20.0 Å². The van der Waals surface area contributed by atoms with E-state index in [2.05, 4.69) is 40.0 Å². The van der Waals surface area contributed by atoms with Crippen molar-refractivity contribution in [3.05, 3.63) is 102 Å². The van der Waals surface area contributed by atoms with Gasteiger partial charge in [-0.2, -0.15) is 0 Å². The number of rotatable bonds is 6. The molecular formula is C25H20N4OS. The Hall–Kier alpha value is -3.77. The molecule has 5 aromatic rings. The molecule has 3 aromatic carbocycles. The zero-order valence-corrected chi connectivity index (χ0v) is 17.8. The van der Waals surface area contributed by atoms with Gasteiger partial charge in [-0.3, -0.25) is 0 Å². The van der Waals surface area contributed by atoms with E-state index in [1.807, 2.05) is 72.3 Å². The molecule has 0 N–H and O–H groups in total. The molecule has 0 saturated carbocycles. The van der Waals surface area contributed by atoms with Crippen molar-refractivity contribution >= 4 is 11.3 Å². The van der Waals surface area contributed by atoms with Crippen molar-refractivity contribution in [1.29, 1.82) is 0 Å². The topological polar surface area (TPSA) is 52.8 Å². The van der Waals surface area contributed by atoms with Gasteiger partial charge < -0.3 is 4.74 Å². The van der Waals surface area contributed by atoms with E-state index in [1.165, 1.54) is 0 Å². The largest absolute Gasteiger partial charge is 0.489 e. The van der Waals surface area contributed by atoms with Gasteiger partial charge in [-0.05, 0) is 36.8 Å². The average molecular weight is 425 g/mol. The fourth-order valence-electron chi connectivity index (χ4n) is 3.32. The second-order valence-corrected chi connectivity index (χ2v) is 7.97. The molecule has 0 radical (unpaired) electrons. The highest BCUT2D eigenvalue weighted by Crippen LogP contribution is 2.30. The van der Waals surface area contributed by atoms with Gasteiger partial charge in [0.15, 0.2) is 0 Å². The Bertz CT molecular complexity index is 1280. The standard InChI is InChI=1S/C25H20N4OS/c1-18-24(25-26-23(17-31-25)20-10-6-3-7-11-20)27-28-29(18)21-12-14-22(15-13-21)30-16-19-8-4-2-5-9-19/h2-15,17H,16H2,1H3. The Labute approximate surface area is 184 Å². The first-order valence-electron chi connectivity index (χ1n) is 9.99. The summed E-state index contributed by atoms with van der Waals surface area (Å²) < 4.78 is 7.71. The van der Waals surface area contributed by atoms with Crippen LogP contribution in [0.4, 0.5) is 0 Å². The van der Waals surface area contributed by atoms with Gasteiger partial charge in [0.05, 0.1) is 17.1 Å². The van der Waals surface area contributed by atoms with Crippen LogP contribution in [0.2, 0.25) is 0 Å². The number of hydrogen-bond acceptors (Lipinski definition) is 5. The second kappa shape index (κ2) is 8.53. The van der Waals surface area contributed by atoms with Crippen LogP contribution in [0.5, 0.6) is 5.75 Å². The quantitative estimate of drug-likeness (QED) is 0.338. The first-order valence-corrected chi connectivity index (χ1v) is 10.9. The smallest absolute Gasteiger partial charge is 0.146 e. The Morgan fingerprint density at radius 2 is 1.58 bits per heavy atom. The lowest BCUT2D eigenvalue weighted by atomic mass is 10.2. The van der Waals surface area contributed by atoms with Crippen molar-refractivity contribution in [2.75, 3.05) is 0 Å². The molecule has 0 spiro atoms. The molecule has 6 heteroatoms. The summed E-state index contributed by atoms with van der Waals surface area (Å²) in [6.07, 6.45) is 0. The van der Waals surface area contributed by atoms with Crippen LogP contribution < -0.4 is 4.74 Å². The average Bonchev–Trinajstić information content (AvgIpc) is 3.46. The lowest BCUT2D eigenvalue weighted by Gasteiger charge is -2.08. The molecule has 0 aliphatic heterocycles. The number of nitrogens with zero attached hydrogens (tertiary/aromatic N) is 4. The number of aromatic nitrogens is 4. The van der Waals surface area contributed by atoms with Crippen LogP contribution in [0.25, 0.3) is 27.6 Å². The minimum Gasteiger partial charge on any atom is -0.489 e. The van der Waals surface area contributed by atoms with E-state index in [1.54, 1.807) is 11.3 Å². The van der Waals surface area contributed by atoms with Crippen LogP contribution in [0.1, 0.15) is 11.3 Å². The van der Waals surface area contributed by atoms with E-state index in [0.717, 1.165) is 44.7 Å². The monoisotopic (exact) mass is 424 g/mol. The summed E-state index contributed by atoms with van der Waals surface area (Å²) in [5.74, 6) is 0.818. The molecule has 0 fully saturated rings. The molecule has 0 unspecified atom stereocenters. The molecule has 0 amide bonds. The minimum absolute atomic E-state index is 0.542. The highest BCUT2D eigenvalue weighted by Gasteiger charge is 2.16. The number of thiazole rings is 1. The molecule has 5 nitrogen and oxygen atoms in total. The lowest BCUT2D eigenvalue weighted by molar-refractivity contribution is 0.306. The van der Waals surface area contributed by atoms with E-state index >= 15 is 0 Å². The predicted octanol–water partition coefficient (Wildman–Crippen LogP) is 5.95. The van der Waals surface area contributed by atoms with Gasteiger partial charge >= 0.3 is 0 Å². The van der Waals surface area contributed by atoms with Crippen molar-refractivity contribution in [3.63, 3.8) is 0 Å². The molecule has 5 rings (SSSR count). The number of benzene rings is 3. The zero-order chi connectivity index (χ0) is 21.0. The van der Waals surface area contributed by atoms with Crippen molar-refractivity contribution < 1.29 is 4.74 Å². The van der Waals surface area contributed by atoms with Crippen molar-refractivity contribution in [2.24, 2.45) is 0 Å². The lowest BCUT2D eigenvalue weighted by Crippen LogP contribution is -2.00. The van der Waals surface area contributed by atoms with Crippen molar-refractivity contribution in [2.45, 2.75) is 13.5 Å². The summed E-state index contributed by atoms with van der Waals surface area (Å²) in [6, 6.07) is 28.2. The third-order valence-electron chi connectivity index (χ3n) is 5.00. The normalized spacial score (nSPS) is 10.9. The SMILES string of the molecule is Cc1c(-c2nc(-c3ccccc3)cs2)nnn1-c1ccc(OCc2ccccc2)cc1. The van der Waals surface area contributed by atoms with Crippen LogP contribution in [-0.2, 0) is 6.61 Å². The molecule has 2 aromatic heterocycles. The Morgan fingerprint density at radius 3 is 2.32 bits per heavy atom. The van der Waals surface area contributed by atoms with Gasteiger partial charge in [0.2, 0.25) is 0 Å². The summed E-state index contributed by atoms with van der Waals surface area (Å²) in [5.41, 5.74) is 5.88. The van der Waals surface area contributed by atoms with Gasteiger partial charge in [0.1, 0.15) is 23.1 Å². The summed E-state index contributed by atoms with van der Waals surface area (Å²) in [7, 11) is 0. The van der Waals surface area contributed by atoms with E-state index in [9.17, 15) is 0 Å². The van der Waals surface area contributed by atoms with Crippen LogP contribution in [0, 0.1) is 6.92 Å². The van der Waals surface area contributed by atoms with Gasteiger partial charge in [0.25, 0.3) is 0 Å². The molecule has 152 valence electrons. The predicted molar refractivity (Wildman–Crippen MR) is 123 cm³/mol. The van der Waals surface area contributed by atoms with E-state index in [-0.39, 0.29) is 0 Å². The number of hydrogen-bond donors (Lipinski definition) is 0. The first kappa shape index (κ1) is 19.2. The molecule has 0 bridgehead atoms. The summed E-state index contributed by atoms with van der Waals surface area (Å²) in [6.45, 7) is 2.55. The van der Waals surface area contributed by atoms with Gasteiger partial charge in [-0.25, -0.2) is 9.67 Å². The first-order chi connectivity index (χ1) is 15.3. The van der Waals surface area contributed by atoms with E-state index in [4.69, 9.17) is 9.72 Å². The van der Waals surface area contributed by atoms with Crippen LogP contribution in [0.15, 0.2) is 90.3 Å². The molecule has 0 saturated heterocycles. The van der Waals surface area contributed by atoms with Gasteiger partial charge in [0, 0.05) is 10.9 Å². The van der Waals surface area contributed by atoms with E-state index < -0.39 is 0 Å². The third kappa shape index (κ3) is 4.11. The third-order valence-corrected chi connectivity index (χ3v) is 5.85. The summed E-state index contributed by atoms with van der Waals surface area (Å²) in [4.78, 5) is 4.77. The fourth-order valence-corrected chi connectivity index (χ4v) is 4.18. The van der Waals surface area contributed by atoms with Crippen LogP contribution in [0.3, 0.4) is 0 Å². The molecule has 0 atom stereocenters. The molecule has 2 heterocycles. The Kier molecular flexibility index (Phi) is 5.29. The maximum atomic E-state index is 5.88. The van der Waals surface area contributed by atoms with Crippen LogP contribution >= 0.6 is 11.3 Å². The number of ether oxygens (including phenoxy) is 1. The summed E-state index contributed by atoms with van der Waals surface area (Å²) >= 11 is 1.58. The minimum atomic E-state index is 0.542. The highest BCUT2D eigenvalue weighted by molar-refractivity contribution is 7.13. The molecule has 31 heavy (non-hydrogen) atoms. The summed E-state index contributed by atoms with van der Waals surface area (Å²) in [5, 5.41) is 11.7. The fraction of sp³-hybridized carbons (Fsp3) is 0.0800. The zero-order valence-electron chi connectivity index (χ0n) is 17.0.